The zero-order chi connectivity index (χ0) is 23.9. The van der Waals surface area contributed by atoms with Crippen LogP contribution in [0.1, 0.15) is 45.7 Å². The molecule has 5 rings (SSSR count). The smallest absolute Gasteiger partial charge is 0.255 e. The molecule has 1 aromatic carbocycles. The molecule has 0 unspecified atom stereocenters. The Bertz CT molecular complexity index is 1320. The van der Waals surface area contributed by atoms with Gasteiger partial charge in [-0.15, -0.1) is 0 Å². The first-order valence-electron chi connectivity index (χ1n) is 11.9. The van der Waals surface area contributed by atoms with Crippen molar-refractivity contribution < 1.29 is 13.2 Å². The lowest BCUT2D eigenvalue weighted by Crippen LogP contribution is -2.50. The largest absolute Gasteiger partial charge is 0.336 e. The van der Waals surface area contributed by atoms with Crippen molar-refractivity contribution in [1.29, 1.82) is 0 Å². The van der Waals surface area contributed by atoms with E-state index in [9.17, 15) is 13.2 Å². The first-order valence-corrected chi connectivity index (χ1v) is 13.3. The minimum atomic E-state index is -3.57. The molecule has 8 heteroatoms. The van der Waals surface area contributed by atoms with E-state index in [0.717, 1.165) is 42.0 Å². The Balaban J connectivity index is 1.31. The summed E-state index contributed by atoms with van der Waals surface area (Å²) in [6, 6.07) is 13.2. The standard InChI is InChI=1S/C26H30N4O3S/c1-19-17-24(20(2)30(19)25-9-5-6-12-27-25)26(31)28-13-15-29(16-14-28)34(32,33)23-11-10-21-7-3-4-8-22(21)18-23/h5-6,9-12,17-18H,3-4,7-8,13-16H2,1-2H3. The van der Waals surface area contributed by atoms with Gasteiger partial charge in [0.05, 0.1) is 10.5 Å². The summed E-state index contributed by atoms with van der Waals surface area (Å²) < 4.78 is 30.1. The highest BCUT2D eigenvalue weighted by molar-refractivity contribution is 7.89. The molecule has 1 saturated heterocycles. The molecular weight excluding hydrogens is 448 g/mol. The molecule has 0 saturated carbocycles. The van der Waals surface area contributed by atoms with Gasteiger partial charge in [0.15, 0.2) is 0 Å². The zero-order valence-corrected chi connectivity index (χ0v) is 20.5. The van der Waals surface area contributed by atoms with Crippen LogP contribution in [-0.2, 0) is 22.9 Å². The predicted molar refractivity (Wildman–Crippen MR) is 131 cm³/mol. The number of aromatic nitrogens is 2. The van der Waals surface area contributed by atoms with Crippen LogP contribution < -0.4 is 0 Å². The van der Waals surface area contributed by atoms with Crippen LogP contribution >= 0.6 is 0 Å². The van der Waals surface area contributed by atoms with Crippen molar-refractivity contribution in [3.8, 4) is 5.82 Å². The molecule has 3 aromatic rings. The average molecular weight is 479 g/mol. The monoisotopic (exact) mass is 478 g/mol. The van der Waals surface area contributed by atoms with Crippen LogP contribution in [0.2, 0.25) is 0 Å². The molecule has 0 spiro atoms. The second-order valence-electron chi connectivity index (χ2n) is 9.14. The molecule has 2 aliphatic rings. The molecule has 1 aliphatic heterocycles. The van der Waals surface area contributed by atoms with Crippen LogP contribution in [-0.4, -0.2) is 59.3 Å². The second-order valence-corrected chi connectivity index (χ2v) is 11.1. The molecule has 1 fully saturated rings. The summed E-state index contributed by atoms with van der Waals surface area (Å²) in [5.74, 6) is 0.707. The number of hydrogen-bond acceptors (Lipinski definition) is 4. The molecule has 2 aromatic heterocycles. The van der Waals surface area contributed by atoms with E-state index in [1.54, 1.807) is 17.2 Å². The molecule has 0 atom stereocenters. The number of pyridine rings is 1. The van der Waals surface area contributed by atoms with Crippen LogP contribution in [0.25, 0.3) is 5.82 Å². The first kappa shape index (κ1) is 22.8. The lowest BCUT2D eigenvalue weighted by atomic mass is 9.92. The van der Waals surface area contributed by atoms with E-state index >= 15 is 0 Å². The Morgan fingerprint density at radius 3 is 2.35 bits per heavy atom. The number of fused-ring (bicyclic) bond motifs is 1. The van der Waals surface area contributed by atoms with Gasteiger partial charge >= 0.3 is 0 Å². The van der Waals surface area contributed by atoms with Crippen molar-refractivity contribution in [3.05, 3.63) is 76.7 Å². The summed E-state index contributed by atoms with van der Waals surface area (Å²) in [6.45, 7) is 5.22. The number of aryl methyl sites for hydroxylation is 3. The molecule has 0 radical (unpaired) electrons. The van der Waals surface area contributed by atoms with Crippen molar-refractivity contribution in [2.45, 2.75) is 44.4 Å². The van der Waals surface area contributed by atoms with Gasteiger partial charge in [0.2, 0.25) is 10.0 Å². The van der Waals surface area contributed by atoms with Gasteiger partial charge in [0, 0.05) is 43.8 Å². The molecular formula is C26H30N4O3S. The SMILES string of the molecule is Cc1cc(C(=O)N2CCN(S(=O)(=O)c3ccc4c(c3)CCCC4)CC2)c(C)n1-c1ccccn1. The minimum Gasteiger partial charge on any atom is -0.336 e. The summed E-state index contributed by atoms with van der Waals surface area (Å²) in [5, 5.41) is 0. The van der Waals surface area contributed by atoms with Gasteiger partial charge < -0.3 is 9.47 Å². The fourth-order valence-electron chi connectivity index (χ4n) is 5.14. The van der Waals surface area contributed by atoms with Crippen LogP contribution in [0.3, 0.4) is 0 Å². The maximum absolute atomic E-state index is 13.3. The Morgan fingerprint density at radius 1 is 0.912 bits per heavy atom. The highest BCUT2D eigenvalue weighted by Crippen LogP contribution is 2.27. The predicted octanol–water partition coefficient (Wildman–Crippen LogP) is 3.51. The summed E-state index contributed by atoms with van der Waals surface area (Å²) in [6.07, 6.45) is 5.98. The van der Waals surface area contributed by atoms with E-state index in [1.807, 2.05) is 54.8 Å². The van der Waals surface area contributed by atoms with Crippen molar-refractivity contribution in [1.82, 2.24) is 18.8 Å². The average Bonchev–Trinajstić information content (AvgIpc) is 3.17. The van der Waals surface area contributed by atoms with Gasteiger partial charge in [-0.2, -0.15) is 4.31 Å². The number of sulfonamides is 1. The maximum Gasteiger partial charge on any atom is 0.255 e. The maximum atomic E-state index is 13.3. The van der Waals surface area contributed by atoms with Crippen molar-refractivity contribution in [2.75, 3.05) is 26.2 Å². The lowest BCUT2D eigenvalue weighted by Gasteiger charge is -2.34. The van der Waals surface area contributed by atoms with Crippen LogP contribution in [0, 0.1) is 13.8 Å². The molecule has 1 amide bonds. The number of amides is 1. The third kappa shape index (κ3) is 4.05. The van der Waals surface area contributed by atoms with Crippen LogP contribution in [0.5, 0.6) is 0 Å². The summed E-state index contributed by atoms with van der Waals surface area (Å²) in [5.41, 5.74) is 4.83. The number of piperazine rings is 1. The van der Waals surface area contributed by atoms with Crippen LogP contribution in [0.15, 0.2) is 53.6 Å². The van der Waals surface area contributed by atoms with Gasteiger partial charge in [-0.1, -0.05) is 12.1 Å². The molecule has 0 N–H and O–H groups in total. The van der Waals surface area contributed by atoms with Crippen LogP contribution in [0.4, 0.5) is 0 Å². The molecule has 0 bridgehead atoms. The quantitative estimate of drug-likeness (QED) is 0.575. The van der Waals surface area contributed by atoms with Crippen molar-refractivity contribution in [3.63, 3.8) is 0 Å². The summed E-state index contributed by atoms with van der Waals surface area (Å²) in [7, 11) is -3.57. The number of carbonyl (C=O) groups excluding carboxylic acids is 1. The van der Waals surface area contributed by atoms with E-state index in [1.165, 1.54) is 16.3 Å². The Morgan fingerprint density at radius 2 is 1.65 bits per heavy atom. The number of benzene rings is 1. The van der Waals surface area contributed by atoms with Gasteiger partial charge in [-0.05, 0) is 81.0 Å². The number of rotatable bonds is 4. The van der Waals surface area contributed by atoms with E-state index in [-0.39, 0.29) is 5.91 Å². The Hall–Kier alpha value is -2.97. The molecule has 3 heterocycles. The number of hydrogen-bond donors (Lipinski definition) is 0. The molecule has 7 nitrogen and oxygen atoms in total. The van der Waals surface area contributed by atoms with Gasteiger partial charge in [0.25, 0.3) is 5.91 Å². The second kappa shape index (κ2) is 9.00. The normalized spacial score (nSPS) is 16.9. The van der Waals surface area contributed by atoms with Gasteiger partial charge in [-0.25, -0.2) is 13.4 Å². The minimum absolute atomic E-state index is 0.0684. The molecule has 1 aliphatic carbocycles. The van der Waals surface area contributed by atoms with E-state index in [4.69, 9.17) is 0 Å². The van der Waals surface area contributed by atoms with E-state index < -0.39 is 10.0 Å². The summed E-state index contributed by atoms with van der Waals surface area (Å²) >= 11 is 0. The highest BCUT2D eigenvalue weighted by Gasteiger charge is 2.32. The fourth-order valence-corrected chi connectivity index (χ4v) is 6.61. The summed E-state index contributed by atoms with van der Waals surface area (Å²) in [4.78, 5) is 19.9. The topological polar surface area (TPSA) is 75.5 Å². The van der Waals surface area contributed by atoms with E-state index in [2.05, 4.69) is 4.98 Å². The fraction of sp³-hybridized carbons (Fsp3) is 0.385. The lowest BCUT2D eigenvalue weighted by molar-refractivity contribution is 0.0697. The van der Waals surface area contributed by atoms with Gasteiger partial charge in [0.1, 0.15) is 5.82 Å². The third-order valence-electron chi connectivity index (χ3n) is 7.02. The Kier molecular flexibility index (Phi) is 6.04. The highest BCUT2D eigenvalue weighted by atomic mass is 32.2. The zero-order valence-electron chi connectivity index (χ0n) is 19.7. The van der Waals surface area contributed by atoms with Gasteiger partial charge in [-0.3, -0.25) is 4.79 Å². The molecule has 34 heavy (non-hydrogen) atoms. The van der Waals surface area contributed by atoms with E-state index in [0.29, 0.717) is 36.6 Å². The number of nitrogens with zero attached hydrogens (tertiary/aromatic N) is 4. The first-order chi connectivity index (χ1) is 16.4. The third-order valence-corrected chi connectivity index (χ3v) is 8.92. The molecule has 178 valence electrons. The van der Waals surface area contributed by atoms with Crippen molar-refractivity contribution in [2.24, 2.45) is 0 Å². The van der Waals surface area contributed by atoms with Crippen molar-refractivity contribution >= 4 is 15.9 Å². The Labute approximate surface area is 201 Å². The number of carbonyl (C=O) groups is 1.